The Morgan fingerprint density at radius 1 is 1.69 bits per heavy atom. The highest BCUT2D eigenvalue weighted by molar-refractivity contribution is 7.81. The number of amides is 1. The molecule has 1 aromatic rings. The summed E-state index contributed by atoms with van der Waals surface area (Å²) in [6.45, 7) is 0. The van der Waals surface area contributed by atoms with Gasteiger partial charge in [0.25, 0.3) is 0 Å². The minimum atomic E-state index is -0.742. The summed E-state index contributed by atoms with van der Waals surface area (Å²) in [7, 11) is 0. The third kappa shape index (κ3) is 3.12. The fourth-order valence-corrected chi connectivity index (χ4v) is 0.916. The van der Waals surface area contributed by atoms with E-state index in [9.17, 15) is 4.79 Å². The maximum atomic E-state index is 10.6. The van der Waals surface area contributed by atoms with Gasteiger partial charge in [0.15, 0.2) is 5.37 Å². The summed E-state index contributed by atoms with van der Waals surface area (Å²) in [5.74, 6) is -0.0525. The molecule has 1 unspecified atom stereocenters. The third-order valence-electron chi connectivity index (χ3n) is 1.28. The number of nitrogens with two attached hydrogens (primary N) is 1. The van der Waals surface area contributed by atoms with Gasteiger partial charge in [0.05, 0.1) is 5.02 Å². The Kier molecular flexibility index (Phi) is 3.39. The first kappa shape index (κ1) is 10.1. The van der Waals surface area contributed by atoms with Crippen LogP contribution in [0.3, 0.4) is 0 Å². The van der Waals surface area contributed by atoms with Gasteiger partial charge in [0, 0.05) is 6.20 Å². The van der Waals surface area contributed by atoms with Crippen LogP contribution in [0.15, 0.2) is 18.3 Å². The topological polar surface area (TPSA) is 68.0 Å². The Morgan fingerprint density at radius 3 is 2.85 bits per heavy atom. The van der Waals surface area contributed by atoms with Crippen molar-refractivity contribution >= 4 is 36.0 Å². The predicted octanol–water partition coefficient (Wildman–Crippen LogP) is 0.888. The number of pyridine rings is 1. The third-order valence-corrected chi connectivity index (χ3v) is 1.89. The molecule has 0 saturated heterocycles. The molecular weight excluding hydrogens is 210 g/mol. The molecule has 0 radical (unpaired) electrons. The van der Waals surface area contributed by atoms with Crippen molar-refractivity contribution in [3.8, 4) is 0 Å². The van der Waals surface area contributed by atoms with Gasteiger partial charge in [-0.2, -0.15) is 0 Å². The number of nitrogens with one attached hydrogen (secondary N) is 1. The molecule has 0 fully saturated rings. The summed E-state index contributed by atoms with van der Waals surface area (Å²) in [5, 5.41) is 2.47. The number of carbonyl (C=O) groups excluding carboxylic acids is 1. The summed E-state index contributed by atoms with van der Waals surface area (Å²) in [4.78, 5) is 14.5. The van der Waals surface area contributed by atoms with Gasteiger partial charge in [0.2, 0.25) is 5.91 Å². The van der Waals surface area contributed by atoms with Gasteiger partial charge in [-0.15, -0.1) is 12.6 Å². The van der Waals surface area contributed by atoms with Gasteiger partial charge in [-0.25, -0.2) is 4.98 Å². The minimum Gasteiger partial charge on any atom is -0.367 e. The highest BCUT2D eigenvalue weighted by Crippen LogP contribution is 2.10. The summed E-state index contributed by atoms with van der Waals surface area (Å²) < 4.78 is 0. The quantitative estimate of drug-likeness (QED) is 0.520. The summed E-state index contributed by atoms with van der Waals surface area (Å²) in [6, 6.07) is 3.28. The van der Waals surface area contributed by atoms with Crippen LogP contribution in [0.2, 0.25) is 5.02 Å². The van der Waals surface area contributed by atoms with Crippen LogP contribution in [0.5, 0.6) is 0 Å². The van der Waals surface area contributed by atoms with Gasteiger partial charge in [-0.05, 0) is 12.1 Å². The molecule has 0 aromatic carbocycles. The molecule has 4 nitrogen and oxygen atoms in total. The van der Waals surface area contributed by atoms with Crippen molar-refractivity contribution in [2.45, 2.75) is 5.37 Å². The van der Waals surface area contributed by atoms with Crippen LogP contribution < -0.4 is 11.1 Å². The van der Waals surface area contributed by atoms with Crippen LogP contribution >= 0.6 is 24.2 Å². The molecule has 1 rings (SSSR count). The molecule has 13 heavy (non-hydrogen) atoms. The highest BCUT2D eigenvalue weighted by atomic mass is 35.5. The first-order valence-electron chi connectivity index (χ1n) is 3.45. The Morgan fingerprint density at radius 2 is 2.38 bits per heavy atom. The van der Waals surface area contributed by atoms with Gasteiger partial charge >= 0.3 is 0 Å². The van der Waals surface area contributed by atoms with Crippen LogP contribution in [-0.4, -0.2) is 16.3 Å². The van der Waals surface area contributed by atoms with E-state index < -0.39 is 11.3 Å². The molecule has 0 saturated carbocycles. The fourth-order valence-electron chi connectivity index (χ4n) is 0.672. The number of carbonyl (C=O) groups is 1. The molecule has 3 N–H and O–H groups in total. The second-order valence-corrected chi connectivity index (χ2v) is 3.26. The monoisotopic (exact) mass is 217 g/mol. The summed E-state index contributed by atoms with van der Waals surface area (Å²) >= 11 is 9.51. The zero-order valence-electron chi connectivity index (χ0n) is 6.57. The average molecular weight is 218 g/mol. The van der Waals surface area contributed by atoms with Crippen molar-refractivity contribution in [3.05, 3.63) is 23.4 Å². The molecule has 1 aromatic heterocycles. The number of hydrogen-bond donors (Lipinski definition) is 3. The number of nitrogens with zero attached hydrogens (tertiary/aromatic N) is 1. The van der Waals surface area contributed by atoms with E-state index in [1.165, 1.54) is 6.20 Å². The van der Waals surface area contributed by atoms with Crippen LogP contribution in [0.1, 0.15) is 0 Å². The number of thiol groups is 1. The maximum absolute atomic E-state index is 10.6. The van der Waals surface area contributed by atoms with Crippen molar-refractivity contribution in [2.75, 3.05) is 5.32 Å². The predicted molar refractivity (Wildman–Crippen MR) is 54.8 cm³/mol. The van der Waals surface area contributed by atoms with Crippen molar-refractivity contribution in [2.24, 2.45) is 5.73 Å². The molecule has 0 aliphatic carbocycles. The van der Waals surface area contributed by atoms with Crippen LogP contribution in [0.25, 0.3) is 0 Å². The fraction of sp³-hybridized carbons (Fsp3) is 0.143. The van der Waals surface area contributed by atoms with Crippen molar-refractivity contribution in [1.29, 1.82) is 0 Å². The molecule has 70 valence electrons. The van der Waals surface area contributed by atoms with Gasteiger partial charge in [0.1, 0.15) is 5.82 Å². The van der Waals surface area contributed by atoms with Gasteiger partial charge < -0.3 is 11.1 Å². The minimum absolute atomic E-state index is 0.503. The lowest BCUT2D eigenvalue weighted by atomic mass is 10.4. The normalized spacial score (nSPS) is 12.2. The molecular formula is C7H8ClN3OS. The maximum Gasteiger partial charge on any atom is 0.250 e. The molecule has 0 aliphatic rings. The Labute approximate surface area is 85.9 Å². The SMILES string of the molecule is NC(=O)C(S)Nc1ccc(Cl)cn1. The standard InChI is InChI=1S/C7H8ClN3OS/c8-4-1-2-5(10-3-4)11-7(13)6(9)12/h1-3,7,13H,(H2,9,12)(H,10,11). The van der Waals surface area contributed by atoms with E-state index in [4.69, 9.17) is 17.3 Å². The van der Waals surface area contributed by atoms with E-state index in [0.29, 0.717) is 10.8 Å². The Bertz CT molecular complexity index is 303. The van der Waals surface area contributed by atoms with Gasteiger partial charge in [-0.3, -0.25) is 4.79 Å². The second kappa shape index (κ2) is 4.34. The van der Waals surface area contributed by atoms with Crippen LogP contribution in [0.4, 0.5) is 5.82 Å². The number of halogens is 1. The van der Waals surface area contributed by atoms with Gasteiger partial charge in [-0.1, -0.05) is 11.6 Å². The lowest BCUT2D eigenvalue weighted by molar-refractivity contribution is -0.117. The Hall–Kier alpha value is -0.940. The zero-order chi connectivity index (χ0) is 9.84. The molecule has 1 atom stereocenters. The van der Waals surface area contributed by atoms with Crippen LogP contribution in [-0.2, 0) is 4.79 Å². The molecule has 0 aliphatic heterocycles. The van der Waals surface area contributed by atoms with Crippen molar-refractivity contribution < 1.29 is 4.79 Å². The van der Waals surface area contributed by atoms with E-state index in [1.54, 1.807) is 12.1 Å². The lowest BCUT2D eigenvalue weighted by Crippen LogP contribution is -2.30. The highest BCUT2D eigenvalue weighted by Gasteiger charge is 2.08. The first-order chi connectivity index (χ1) is 6.09. The molecule has 0 bridgehead atoms. The molecule has 1 heterocycles. The molecule has 6 heteroatoms. The smallest absolute Gasteiger partial charge is 0.250 e. The Balaban J connectivity index is 2.64. The van der Waals surface area contributed by atoms with Crippen molar-refractivity contribution in [1.82, 2.24) is 4.98 Å². The van der Waals surface area contributed by atoms with E-state index in [0.717, 1.165) is 0 Å². The first-order valence-corrected chi connectivity index (χ1v) is 4.34. The van der Waals surface area contributed by atoms with E-state index >= 15 is 0 Å². The summed E-state index contributed by atoms with van der Waals surface area (Å²) in [5.41, 5.74) is 4.98. The number of aromatic nitrogens is 1. The summed E-state index contributed by atoms with van der Waals surface area (Å²) in [6.07, 6.45) is 1.46. The molecule has 0 spiro atoms. The zero-order valence-corrected chi connectivity index (χ0v) is 8.22. The van der Waals surface area contributed by atoms with E-state index in [2.05, 4.69) is 22.9 Å². The lowest BCUT2D eigenvalue weighted by Gasteiger charge is -2.09. The van der Waals surface area contributed by atoms with E-state index in [1.807, 2.05) is 0 Å². The van der Waals surface area contributed by atoms with E-state index in [-0.39, 0.29) is 0 Å². The number of hydrogen-bond acceptors (Lipinski definition) is 4. The number of primary amides is 1. The largest absolute Gasteiger partial charge is 0.367 e. The number of rotatable bonds is 3. The average Bonchev–Trinajstić information content (AvgIpc) is 2.08. The van der Waals surface area contributed by atoms with Crippen LogP contribution in [0, 0.1) is 0 Å². The molecule has 1 amide bonds. The second-order valence-electron chi connectivity index (χ2n) is 2.31. The van der Waals surface area contributed by atoms with Crippen molar-refractivity contribution in [3.63, 3.8) is 0 Å². The number of anilines is 1.